The van der Waals surface area contributed by atoms with Gasteiger partial charge in [-0.05, 0) is 91.9 Å². The molecule has 0 fully saturated rings. The number of hydrogen-bond donors (Lipinski definition) is 1. The molecule has 4 aromatic rings. The number of carbonyl (C=O) groups is 1. The number of halogens is 3. The monoisotopic (exact) mass is 585 g/mol. The normalized spacial score (nSPS) is 12.0. The van der Waals surface area contributed by atoms with Gasteiger partial charge < -0.3 is 19.0 Å². The van der Waals surface area contributed by atoms with Crippen LogP contribution in [0.15, 0.2) is 71.9 Å². The third kappa shape index (κ3) is 8.90. The fraction of sp³-hybridized carbons (Fsp3) is 0.259. The minimum atomic E-state index is -4.78. The average molecular weight is 586 g/mol. The van der Waals surface area contributed by atoms with Crippen LogP contribution in [0, 0.1) is 0 Å². The van der Waals surface area contributed by atoms with Gasteiger partial charge in [0.15, 0.2) is 12.3 Å². The van der Waals surface area contributed by atoms with Gasteiger partial charge in [0, 0.05) is 12.6 Å². The fourth-order valence-corrected chi connectivity index (χ4v) is 3.38. The Bertz CT molecular complexity index is 1530. The van der Waals surface area contributed by atoms with Crippen molar-refractivity contribution in [2.75, 3.05) is 5.32 Å². The Morgan fingerprint density at radius 3 is 2.19 bits per heavy atom. The number of pyridine rings is 1. The SMILES string of the molecule is Cn1nnnc1/C(=N\OCc1cccc(NC(=O)OC(C)(C)C)n1)c1ccc(Oc2ccc(OC(F)(F)F)cc2)cc1. The maximum Gasteiger partial charge on any atom is 0.573 e. The van der Waals surface area contributed by atoms with Crippen LogP contribution >= 0.6 is 0 Å². The molecule has 0 spiro atoms. The molecule has 0 saturated heterocycles. The summed E-state index contributed by atoms with van der Waals surface area (Å²) in [5, 5.41) is 18.3. The van der Waals surface area contributed by atoms with E-state index < -0.39 is 18.1 Å². The Kier molecular flexibility index (Phi) is 8.88. The summed E-state index contributed by atoms with van der Waals surface area (Å²) in [6, 6.07) is 16.7. The topological polar surface area (TPSA) is 135 Å². The van der Waals surface area contributed by atoms with Crippen molar-refractivity contribution in [1.82, 2.24) is 25.2 Å². The Morgan fingerprint density at radius 1 is 0.952 bits per heavy atom. The second-order valence-corrected chi connectivity index (χ2v) is 9.63. The minimum absolute atomic E-state index is 0.0339. The summed E-state index contributed by atoms with van der Waals surface area (Å²) in [5.41, 5.74) is 0.724. The number of nitrogens with zero attached hydrogens (tertiary/aromatic N) is 6. The van der Waals surface area contributed by atoms with Gasteiger partial charge in [-0.3, -0.25) is 5.32 Å². The molecule has 4 rings (SSSR count). The predicted molar refractivity (Wildman–Crippen MR) is 143 cm³/mol. The van der Waals surface area contributed by atoms with E-state index in [-0.39, 0.29) is 18.2 Å². The van der Waals surface area contributed by atoms with Crippen LogP contribution in [0.25, 0.3) is 0 Å². The quantitative estimate of drug-likeness (QED) is 0.196. The van der Waals surface area contributed by atoms with Crippen LogP contribution in [-0.2, 0) is 23.2 Å². The lowest BCUT2D eigenvalue weighted by molar-refractivity contribution is -0.274. The summed E-state index contributed by atoms with van der Waals surface area (Å²) < 4.78 is 53.4. The highest BCUT2D eigenvalue weighted by Crippen LogP contribution is 2.27. The zero-order valence-corrected chi connectivity index (χ0v) is 22.9. The van der Waals surface area contributed by atoms with Crippen molar-refractivity contribution in [2.24, 2.45) is 12.2 Å². The van der Waals surface area contributed by atoms with Crippen molar-refractivity contribution in [3.05, 3.63) is 83.8 Å². The van der Waals surface area contributed by atoms with E-state index >= 15 is 0 Å². The van der Waals surface area contributed by atoms with E-state index in [9.17, 15) is 18.0 Å². The molecule has 0 aliphatic heterocycles. The zero-order valence-electron chi connectivity index (χ0n) is 22.9. The maximum absolute atomic E-state index is 12.4. The molecular formula is C27H26F3N7O5. The number of oxime groups is 1. The number of anilines is 1. The van der Waals surface area contributed by atoms with Crippen LogP contribution in [-0.4, -0.2) is 49.0 Å². The molecule has 0 atom stereocenters. The summed E-state index contributed by atoms with van der Waals surface area (Å²) in [5.74, 6) is 0.966. The second-order valence-electron chi connectivity index (χ2n) is 9.63. The Balaban J connectivity index is 1.45. The van der Waals surface area contributed by atoms with Crippen molar-refractivity contribution in [1.29, 1.82) is 0 Å². The fourth-order valence-electron chi connectivity index (χ4n) is 3.38. The highest BCUT2D eigenvalue weighted by Gasteiger charge is 2.31. The molecule has 2 aromatic carbocycles. The molecule has 220 valence electrons. The molecule has 1 N–H and O–H groups in total. The first-order valence-corrected chi connectivity index (χ1v) is 12.4. The number of ether oxygens (including phenoxy) is 3. The van der Waals surface area contributed by atoms with E-state index in [1.807, 2.05) is 0 Å². The van der Waals surface area contributed by atoms with Crippen LogP contribution in [0.2, 0.25) is 0 Å². The molecule has 0 saturated carbocycles. The second kappa shape index (κ2) is 12.5. The van der Waals surface area contributed by atoms with Crippen molar-refractivity contribution >= 4 is 17.6 Å². The van der Waals surface area contributed by atoms with Gasteiger partial charge in [0.25, 0.3) is 0 Å². The van der Waals surface area contributed by atoms with Gasteiger partial charge in [-0.25, -0.2) is 14.5 Å². The number of aromatic nitrogens is 5. The number of carbonyl (C=O) groups excluding carboxylic acids is 1. The Labute approximate surface area is 238 Å². The van der Waals surface area contributed by atoms with Gasteiger partial charge in [0.05, 0.1) is 5.69 Å². The summed E-state index contributed by atoms with van der Waals surface area (Å²) in [4.78, 5) is 22.0. The summed E-state index contributed by atoms with van der Waals surface area (Å²) in [6.07, 6.45) is -5.41. The van der Waals surface area contributed by atoms with E-state index in [4.69, 9.17) is 14.3 Å². The van der Waals surface area contributed by atoms with Crippen LogP contribution in [0.3, 0.4) is 0 Å². The van der Waals surface area contributed by atoms with E-state index in [1.54, 1.807) is 70.3 Å². The molecule has 2 heterocycles. The third-order valence-electron chi connectivity index (χ3n) is 5.06. The van der Waals surface area contributed by atoms with Crippen LogP contribution in [0.5, 0.6) is 17.2 Å². The molecule has 15 heteroatoms. The Morgan fingerprint density at radius 2 is 1.60 bits per heavy atom. The molecule has 12 nitrogen and oxygen atoms in total. The van der Waals surface area contributed by atoms with Gasteiger partial charge in [-0.1, -0.05) is 11.2 Å². The third-order valence-corrected chi connectivity index (χ3v) is 5.06. The first-order valence-electron chi connectivity index (χ1n) is 12.4. The van der Waals surface area contributed by atoms with Gasteiger partial charge in [-0.15, -0.1) is 18.3 Å². The number of aryl methyl sites for hydroxylation is 1. The average Bonchev–Trinajstić information content (AvgIpc) is 3.32. The lowest BCUT2D eigenvalue weighted by Gasteiger charge is -2.19. The summed E-state index contributed by atoms with van der Waals surface area (Å²) in [6.45, 7) is 5.23. The molecule has 0 radical (unpaired) electrons. The number of hydrogen-bond acceptors (Lipinski definition) is 10. The summed E-state index contributed by atoms with van der Waals surface area (Å²) in [7, 11) is 1.64. The van der Waals surface area contributed by atoms with Crippen molar-refractivity contribution in [2.45, 2.75) is 39.3 Å². The number of alkyl halides is 3. The molecule has 0 unspecified atom stereocenters. The lowest BCUT2D eigenvalue weighted by atomic mass is 10.1. The molecule has 0 aliphatic rings. The Hall–Kier alpha value is -5.21. The number of tetrazole rings is 1. The molecular weight excluding hydrogens is 559 g/mol. The van der Waals surface area contributed by atoms with Gasteiger partial charge in [0.1, 0.15) is 28.7 Å². The van der Waals surface area contributed by atoms with E-state index in [1.165, 1.54) is 16.8 Å². The first-order chi connectivity index (χ1) is 19.8. The number of rotatable bonds is 9. The summed E-state index contributed by atoms with van der Waals surface area (Å²) >= 11 is 0. The molecule has 42 heavy (non-hydrogen) atoms. The van der Waals surface area contributed by atoms with Crippen molar-refractivity contribution in [3.8, 4) is 17.2 Å². The maximum atomic E-state index is 12.4. The number of nitrogens with one attached hydrogen (secondary N) is 1. The lowest BCUT2D eigenvalue weighted by Crippen LogP contribution is -2.27. The smallest absolute Gasteiger partial charge is 0.457 e. The van der Waals surface area contributed by atoms with Crippen LogP contribution in [0.4, 0.5) is 23.8 Å². The minimum Gasteiger partial charge on any atom is -0.457 e. The van der Waals surface area contributed by atoms with Gasteiger partial charge in [-0.2, -0.15) is 0 Å². The van der Waals surface area contributed by atoms with Gasteiger partial charge in [0.2, 0.25) is 5.82 Å². The number of amides is 1. The highest BCUT2D eigenvalue weighted by atomic mass is 19.4. The molecule has 2 aromatic heterocycles. The van der Waals surface area contributed by atoms with Crippen molar-refractivity contribution in [3.63, 3.8) is 0 Å². The van der Waals surface area contributed by atoms with Crippen LogP contribution < -0.4 is 14.8 Å². The molecule has 1 amide bonds. The largest absolute Gasteiger partial charge is 0.573 e. The van der Waals surface area contributed by atoms with Crippen molar-refractivity contribution < 1.29 is 37.0 Å². The van der Waals surface area contributed by atoms with E-state index in [2.05, 4.69) is 35.7 Å². The van der Waals surface area contributed by atoms with Gasteiger partial charge >= 0.3 is 12.5 Å². The molecule has 0 bridgehead atoms. The van der Waals surface area contributed by atoms with E-state index in [0.717, 1.165) is 12.1 Å². The standard InChI is InChI=1S/C27H26F3N7O5/c1-26(2,3)42-25(38)32-22-7-5-6-18(31-22)16-39-34-23(24-33-35-36-37(24)4)17-8-10-19(11-9-17)40-20-12-14-21(15-13-20)41-27(28,29)30/h5-15H,16H2,1-4H3,(H,31,32,38)/b34-23-. The zero-order chi connectivity index (χ0) is 30.3. The predicted octanol–water partition coefficient (Wildman–Crippen LogP) is 5.61. The number of benzene rings is 2. The highest BCUT2D eigenvalue weighted by molar-refractivity contribution is 6.10. The van der Waals surface area contributed by atoms with E-state index in [0.29, 0.717) is 34.3 Å². The molecule has 0 aliphatic carbocycles. The first kappa shape index (κ1) is 29.8. The van der Waals surface area contributed by atoms with Crippen LogP contribution in [0.1, 0.15) is 37.9 Å².